The topological polar surface area (TPSA) is 57.7 Å². The molecule has 3 amide bonds. The molecule has 0 atom stereocenters. The maximum absolute atomic E-state index is 12.5. The third-order valence-corrected chi connectivity index (χ3v) is 5.36. The van der Waals surface area contributed by atoms with Gasteiger partial charge in [-0.2, -0.15) is 0 Å². The van der Waals surface area contributed by atoms with Crippen LogP contribution in [0.25, 0.3) is 0 Å². The quantitative estimate of drug-likeness (QED) is 0.618. The Hall–Kier alpha value is -1.99. The molecule has 1 heterocycles. The second-order valence-electron chi connectivity index (χ2n) is 6.09. The van der Waals surface area contributed by atoms with Gasteiger partial charge in [0.15, 0.2) is 0 Å². The fourth-order valence-electron chi connectivity index (χ4n) is 2.97. The van der Waals surface area contributed by atoms with E-state index in [9.17, 15) is 14.4 Å². The summed E-state index contributed by atoms with van der Waals surface area (Å²) in [6, 6.07) is 10.6. The molecule has 134 valence electrons. The highest BCUT2D eigenvalue weighted by atomic mass is 79.9. The maximum atomic E-state index is 12.5. The Morgan fingerprint density at radius 2 is 1.62 bits per heavy atom. The van der Waals surface area contributed by atoms with Crippen LogP contribution in [0.4, 0.5) is 5.69 Å². The Labute approximate surface area is 168 Å². The van der Waals surface area contributed by atoms with Crippen molar-refractivity contribution in [1.29, 1.82) is 0 Å². The molecule has 26 heavy (non-hydrogen) atoms. The van der Waals surface area contributed by atoms with Crippen molar-refractivity contribution in [1.82, 2.24) is 4.90 Å². The van der Waals surface area contributed by atoms with E-state index in [4.69, 9.17) is 0 Å². The molecule has 3 rings (SSSR count). The molecule has 0 saturated heterocycles. The highest BCUT2D eigenvalue weighted by molar-refractivity contribution is 9.10. The van der Waals surface area contributed by atoms with Crippen molar-refractivity contribution in [3.63, 3.8) is 0 Å². The number of nitrogens with zero attached hydrogens (tertiary/aromatic N) is 2. The molecule has 2 aromatic rings. The van der Waals surface area contributed by atoms with Crippen LogP contribution < -0.4 is 4.90 Å². The normalized spacial score (nSPS) is 13.2. The Morgan fingerprint density at radius 3 is 2.31 bits per heavy atom. The van der Waals surface area contributed by atoms with Gasteiger partial charge in [0, 0.05) is 34.6 Å². The minimum absolute atomic E-state index is 0.0582. The summed E-state index contributed by atoms with van der Waals surface area (Å²) in [4.78, 5) is 40.1. The summed E-state index contributed by atoms with van der Waals surface area (Å²) in [6.07, 6.45) is 0.0681. The van der Waals surface area contributed by atoms with Crippen molar-refractivity contribution in [2.75, 3.05) is 18.5 Å². The van der Waals surface area contributed by atoms with Crippen LogP contribution in [0.5, 0.6) is 0 Å². The molecule has 1 aliphatic rings. The lowest BCUT2D eigenvalue weighted by molar-refractivity contribution is -0.118. The number of halogens is 2. The summed E-state index contributed by atoms with van der Waals surface area (Å²) in [7, 11) is 1.69. The van der Waals surface area contributed by atoms with Crippen LogP contribution in [0.2, 0.25) is 0 Å². The molecule has 0 unspecified atom stereocenters. The van der Waals surface area contributed by atoms with Gasteiger partial charge in [-0.3, -0.25) is 19.3 Å². The standard InChI is InChI=1S/C19H16Br2N2O3/c1-11-9-12(20)4-6-16(11)22(2)17(24)7-8-23-18(25)14-5-3-13(21)10-15(14)19(23)26/h3-6,9-10H,7-8H2,1-2H3. The lowest BCUT2D eigenvalue weighted by atomic mass is 10.1. The van der Waals surface area contributed by atoms with Gasteiger partial charge in [-0.1, -0.05) is 31.9 Å². The number of anilines is 1. The number of rotatable bonds is 4. The van der Waals surface area contributed by atoms with Gasteiger partial charge in [0.05, 0.1) is 11.1 Å². The predicted octanol–water partition coefficient (Wildman–Crippen LogP) is 4.17. The molecule has 0 radical (unpaired) electrons. The van der Waals surface area contributed by atoms with Gasteiger partial charge >= 0.3 is 0 Å². The zero-order valence-corrected chi connectivity index (χ0v) is 17.4. The molecular weight excluding hydrogens is 464 g/mol. The van der Waals surface area contributed by atoms with E-state index in [1.54, 1.807) is 30.1 Å². The van der Waals surface area contributed by atoms with E-state index >= 15 is 0 Å². The Balaban J connectivity index is 1.70. The lowest BCUT2D eigenvalue weighted by Gasteiger charge is -2.21. The zero-order valence-electron chi connectivity index (χ0n) is 14.3. The fourth-order valence-corrected chi connectivity index (χ4v) is 3.81. The number of fused-ring (bicyclic) bond motifs is 1. The Bertz CT molecular complexity index is 927. The van der Waals surface area contributed by atoms with Crippen molar-refractivity contribution < 1.29 is 14.4 Å². The molecule has 7 heteroatoms. The van der Waals surface area contributed by atoms with E-state index in [0.29, 0.717) is 11.1 Å². The Kier molecular flexibility index (Phi) is 5.29. The van der Waals surface area contributed by atoms with Crippen LogP contribution in [0.3, 0.4) is 0 Å². The summed E-state index contributed by atoms with van der Waals surface area (Å²) < 4.78 is 1.68. The first kappa shape index (κ1) is 18.8. The molecule has 0 aliphatic carbocycles. The number of amides is 3. The van der Waals surface area contributed by atoms with Crippen LogP contribution in [0.1, 0.15) is 32.7 Å². The number of hydrogen-bond donors (Lipinski definition) is 0. The summed E-state index contributed by atoms with van der Waals surface area (Å²) in [5.41, 5.74) is 2.50. The molecule has 0 saturated carbocycles. The second-order valence-corrected chi connectivity index (χ2v) is 7.92. The SMILES string of the molecule is Cc1cc(Br)ccc1N(C)C(=O)CCN1C(=O)c2ccc(Br)cc2C1=O. The first-order valence-electron chi connectivity index (χ1n) is 7.98. The van der Waals surface area contributed by atoms with Crippen molar-refractivity contribution >= 4 is 55.3 Å². The maximum Gasteiger partial charge on any atom is 0.261 e. The smallest absolute Gasteiger partial charge is 0.261 e. The third-order valence-electron chi connectivity index (χ3n) is 4.38. The average Bonchev–Trinajstić information content (AvgIpc) is 2.82. The molecule has 1 aliphatic heterocycles. The van der Waals surface area contributed by atoms with E-state index < -0.39 is 0 Å². The van der Waals surface area contributed by atoms with Crippen LogP contribution in [0, 0.1) is 6.92 Å². The van der Waals surface area contributed by atoms with E-state index in [0.717, 1.165) is 25.1 Å². The van der Waals surface area contributed by atoms with E-state index in [2.05, 4.69) is 31.9 Å². The van der Waals surface area contributed by atoms with Crippen LogP contribution in [-0.2, 0) is 4.79 Å². The van der Waals surface area contributed by atoms with Crippen LogP contribution >= 0.6 is 31.9 Å². The minimum atomic E-state index is -0.360. The summed E-state index contributed by atoms with van der Waals surface area (Å²) >= 11 is 6.71. The number of hydrogen-bond acceptors (Lipinski definition) is 3. The lowest BCUT2D eigenvalue weighted by Crippen LogP contribution is -2.35. The summed E-state index contributed by atoms with van der Waals surface area (Å²) in [5.74, 6) is -0.873. The number of imide groups is 1. The molecule has 0 spiro atoms. The average molecular weight is 480 g/mol. The number of carbonyl (C=O) groups is 3. The largest absolute Gasteiger partial charge is 0.315 e. The Morgan fingerprint density at radius 1 is 1.00 bits per heavy atom. The first-order valence-corrected chi connectivity index (χ1v) is 9.56. The molecular formula is C19H16Br2N2O3. The molecule has 0 aromatic heterocycles. The molecule has 2 aromatic carbocycles. The molecule has 0 bridgehead atoms. The predicted molar refractivity (Wildman–Crippen MR) is 106 cm³/mol. The van der Waals surface area contributed by atoms with Crippen molar-refractivity contribution in [3.05, 3.63) is 62.0 Å². The van der Waals surface area contributed by atoms with Crippen LogP contribution in [0.15, 0.2) is 45.3 Å². The summed E-state index contributed by atoms with van der Waals surface area (Å²) in [5, 5.41) is 0. The van der Waals surface area contributed by atoms with Crippen molar-refractivity contribution in [2.45, 2.75) is 13.3 Å². The van der Waals surface area contributed by atoms with Gasteiger partial charge in [-0.05, 0) is 48.9 Å². The van der Waals surface area contributed by atoms with Gasteiger partial charge in [0.2, 0.25) is 5.91 Å². The second kappa shape index (κ2) is 7.32. The fraction of sp³-hybridized carbons (Fsp3) is 0.211. The highest BCUT2D eigenvalue weighted by Crippen LogP contribution is 2.27. The van der Waals surface area contributed by atoms with Crippen molar-refractivity contribution in [2.24, 2.45) is 0 Å². The monoisotopic (exact) mass is 478 g/mol. The van der Waals surface area contributed by atoms with Crippen molar-refractivity contribution in [3.8, 4) is 0 Å². The number of benzene rings is 2. The zero-order chi connectivity index (χ0) is 19.0. The minimum Gasteiger partial charge on any atom is -0.315 e. The van der Waals surface area contributed by atoms with Gasteiger partial charge in [0.25, 0.3) is 11.8 Å². The van der Waals surface area contributed by atoms with Gasteiger partial charge < -0.3 is 4.90 Å². The highest BCUT2D eigenvalue weighted by Gasteiger charge is 2.35. The van der Waals surface area contributed by atoms with Gasteiger partial charge in [-0.25, -0.2) is 0 Å². The van der Waals surface area contributed by atoms with E-state index in [1.807, 2.05) is 25.1 Å². The summed E-state index contributed by atoms with van der Waals surface area (Å²) in [6.45, 7) is 1.98. The van der Waals surface area contributed by atoms with E-state index in [1.165, 1.54) is 0 Å². The number of carbonyl (C=O) groups excluding carboxylic acids is 3. The van der Waals surface area contributed by atoms with Gasteiger partial charge in [-0.15, -0.1) is 0 Å². The first-order chi connectivity index (χ1) is 12.3. The van der Waals surface area contributed by atoms with Gasteiger partial charge in [0.1, 0.15) is 0 Å². The van der Waals surface area contributed by atoms with Crippen LogP contribution in [-0.4, -0.2) is 36.2 Å². The third kappa shape index (κ3) is 3.46. The number of aryl methyl sites for hydroxylation is 1. The van der Waals surface area contributed by atoms with E-state index in [-0.39, 0.29) is 30.7 Å². The molecule has 0 N–H and O–H groups in total. The molecule has 5 nitrogen and oxygen atoms in total. The molecule has 0 fully saturated rings.